The third-order valence-corrected chi connectivity index (χ3v) is 3.57. The van der Waals surface area contributed by atoms with E-state index in [0.29, 0.717) is 18.4 Å². The molecule has 0 unspecified atom stereocenters. The first-order valence-corrected chi connectivity index (χ1v) is 5.66. The molecule has 0 aliphatic heterocycles. The lowest BCUT2D eigenvalue weighted by molar-refractivity contribution is 0.246. The first kappa shape index (κ1) is 11.3. The Labute approximate surface area is 100 Å². The summed E-state index contributed by atoms with van der Waals surface area (Å²) in [5, 5.41) is 9.85. The molecule has 1 aliphatic rings. The van der Waals surface area contributed by atoms with E-state index in [4.69, 9.17) is 0 Å². The van der Waals surface area contributed by atoms with Gasteiger partial charge in [0.15, 0.2) is 0 Å². The molecule has 0 radical (unpaired) electrons. The van der Waals surface area contributed by atoms with Crippen LogP contribution in [0.3, 0.4) is 0 Å². The van der Waals surface area contributed by atoms with Crippen molar-refractivity contribution in [3.8, 4) is 5.75 Å². The summed E-state index contributed by atoms with van der Waals surface area (Å²) < 4.78 is 13.5. The lowest BCUT2D eigenvalue weighted by Crippen LogP contribution is -2.32. The lowest BCUT2D eigenvalue weighted by Gasteiger charge is -2.37. The van der Waals surface area contributed by atoms with Crippen molar-refractivity contribution < 1.29 is 14.3 Å². The minimum absolute atomic E-state index is 0.0555. The van der Waals surface area contributed by atoms with Crippen LogP contribution in [0.2, 0.25) is 0 Å². The number of phenols is 1. The Hall–Kier alpha value is -1.19. The smallest absolute Gasteiger partial charge is 0.235 e. The number of isocyanates is 1. The van der Waals surface area contributed by atoms with Gasteiger partial charge >= 0.3 is 0 Å². The molecule has 16 heavy (non-hydrogen) atoms. The van der Waals surface area contributed by atoms with E-state index in [1.807, 2.05) is 0 Å². The maximum atomic E-state index is 13.3. The van der Waals surface area contributed by atoms with E-state index in [1.54, 1.807) is 0 Å². The van der Waals surface area contributed by atoms with Crippen LogP contribution < -0.4 is 0 Å². The number of phenolic OH excluding ortho intramolecular Hbond substituents is 1. The van der Waals surface area contributed by atoms with E-state index >= 15 is 0 Å². The van der Waals surface area contributed by atoms with Gasteiger partial charge in [0.2, 0.25) is 6.08 Å². The van der Waals surface area contributed by atoms with Crippen LogP contribution in [0.4, 0.5) is 4.39 Å². The second-order valence-electron chi connectivity index (χ2n) is 3.87. The Morgan fingerprint density at radius 2 is 2.19 bits per heavy atom. The number of aliphatic imine (C=N–C) groups is 1. The molecule has 2 rings (SSSR count). The van der Waals surface area contributed by atoms with Crippen molar-refractivity contribution >= 4 is 22.0 Å². The summed E-state index contributed by atoms with van der Waals surface area (Å²) in [7, 11) is 0. The van der Waals surface area contributed by atoms with Crippen LogP contribution in [0, 0.1) is 5.82 Å². The number of hydrogen-bond acceptors (Lipinski definition) is 3. The quantitative estimate of drug-likeness (QED) is 0.671. The molecule has 1 aromatic carbocycles. The molecule has 1 aromatic rings. The van der Waals surface area contributed by atoms with Gasteiger partial charge in [0.25, 0.3) is 0 Å². The van der Waals surface area contributed by atoms with E-state index in [1.165, 1.54) is 18.2 Å². The number of benzene rings is 1. The summed E-state index contributed by atoms with van der Waals surface area (Å²) in [4.78, 5) is 14.1. The van der Waals surface area contributed by atoms with Crippen LogP contribution in [0.25, 0.3) is 0 Å². The summed E-state index contributed by atoms with van der Waals surface area (Å²) in [5.74, 6) is -0.521. The fourth-order valence-corrected chi connectivity index (χ4v) is 2.39. The average molecular weight is 286 g/mol. The molecule has 1 saturated carbocycles. The highest BCUT2D eigenvalue weighted by Crippen LogP contribution is 2.49. The van der Waals surface area contributed by atoms with Gasteiger partial charge < -0.3 is 5.11 Å². The van der Waals surface area contributed by atoms with Gasteiger partial charge in [-0.2, -0.15) is 4.99 Å². The third kappa shape index (κ3) is 1.66. The molecule has 0 spiro atoms. The number of halogens is 2. The predicted molar refractivity (Wildman–Crippen MR) is 59.4 cm³/mol. The minimum atomic E-state index is -0.781. The van der Waals surface area contributed by atoms with Gasteiger partial charge in [-0.25, -0.2) is 9.18 Å². The highest BCUT2D eigenvalue weighted by Gasteiger charge is 2.41. The second-order valence-corrected chi connectivity index (χ2v) is 4.73. The molecule has 0 heterocycles. The van der Waals surface area contributed by atoms with E-state index in [2.05, 4.69) is 20.9 Å². The summed E-state index contributed by atoms with van der Waals surface area (Å²) >= 11 is 3.06. The van der Waals surface area contributed by atoms with Gasteiger partial charge in [0.05, 0.1) is 4.47 Å². The Morgan fingerprint density at radius 1 is 1.50 bits per heavy atom. The fourth-order valence-electron chi connectivity index (χ4n) is 1.96. The highest BCUT2D eigenvalue weighted by molar-refractivity contribution is 9.10. The van der Waals surface area contributed by atoms with Crippen LogP contribution >= 0.6 is 15.9 Å². The van der Waals surface area contributed by atoms with Crippen molar-refractivity contribution in [2.45, 2.75) is 24.8 Å². The topological polar surface area (TPSA) is 49.7 Å². The fraction of sp³-hybridized carbons (Fsp3) is 0.364. The first-order chi connectivity index (χ1) is 7.59. The van der Waals surface area contributed by atoms with Crippen LogP contribution in [0.1, 0.15) is 24.8 Å². The number of nitrogens with zero attached hydrogens (tertiary/aromatic N) is 1. The van der Waals surface area contributed by atoms with E-state index in [-0.39, 0.29) is 10.2 Å². The standard InChI is InChI=1S/C11H9BrFNO2/c12-9-5-7(13)4-8(10(9)16)11(14-6-15)2-1-3-11/h4-5,16H,1-3H2. The zero-order valence-corrected chi connectivity index (χ0v) is 9.92. The van der Waals surface area contributed by atoms with Crippen molar-refractivity contribution in [1.82, 2.24) is 0 Å². The van der Waals surface area contributed by atoms with E-state index in [0.717, 1.165) is 6.42 Å². The van der Waals surface area contributed by atoms with Crippen molar-refractivity contribution in [2.24, 2.45) is 4.99 Å². The summed E-state index contributed by atoms with van der Waals surface area (Å²) in [6, 6.07) is 2.40. The molecule has 1 fully saturated rings. The maximum absolute atomic E-state index is 13.3. The molecule has 84 valence electrons. The van der Waals surface area contributed by atoms with Gasteiger partial charge in [-0.1, -0.05) is 0 Å². The summed E-state index contributed by atoms with van der Waals surface area (Å²) in [5.41, 5.74) is -0.426. The van der Waals surface area contributed by atoms with Crippen molar-refractivity contribution in [3.05, 3.63) is 28.0 Å². The van der Waals surface area contributed by atoms with Crippen LogP contribution in [0.15, 0.2) is 21.6 Å². The van der Waals surface area contributed by atoms with Crippen LogP contribution in [-0.4, -0.2) is 11.2 Å². The molecule has 3 nitrogen and oxygen atoms in total. The molecule has 0 bridgehead atoms. The largest absolute Gasteiger partial charge is 0.506 e. The third-order valence-electron chi connectivity index (χ3n) is 2.97. The first-order valence-electron chi connectivity index (χ1n) is 4.86. The van der Waals surface area contributed by atoms with Gasteiger partial charge in [0, 0.05) is 5.56 Å². The molecular weight excluding hydrogens is 277 g/mol. The number of rotatable bonds is 2. The number of hydrogen-bond donors (Lipinski definition) is 1. The zero-order valence-electron chi connectivity index (χ0n) is 8.33. The molecule has 0 aromatic heterocycles. The average Bonchev–Trinajstić information content (AvgIpc) is 2.17. The van der Waals surface area contributed by atoms with Crippen LogP contribution in [0.5, 0.6) is 5.75 Å². The summed E-state index contributed by atoms with van der Waals surface area (Å²) in [6.07, 6.45) is 3.66. The molecule has 0 saturated heterocycles. The Balaban J connectivity index is 2.58. The van der Waals surface area contributed by atoms with Gasteiger partial charge in [0.1, 0.15) is 17.1 Å². The van der Waals surface area contributed by atoms with Crippen molar-refractivity contribution in [2.75, 3.05) is 0 Å². The summed E-state index contributed by atoms with van der Waals surface area (Å²) in [6.45, 7) is 0. The van der Waals surface area contributed by atoms with Crippen molar-refractivity contribution in [1.29, 1.82) is 0 Å². The molecular formula is C11H9BrFNO2. The normalized spacial score (nSPS) is 17.4. The highest BCUT2D eigenvalue weighted by atomic mass is 79.9. The van der Waals surface area contributed by atoms with Gasteiger partial charge in [-0.05, 0) is 47.3 Å². The molecule has 1 aliphatic carbocycles. The number of carbonyl (C=O) groups excluding carboxylic acids is 1. The molecule has 5 heteroatoms. The monoisotopic (exact) mass is 285 g/mol. The van der Waals surface area contributed by atoms with Crippen LogP contribution in [-0.2, 0) is 10.3 Å². The molecule has 1 N–H and O–H groups in total. The zero-order chi connectivity index (χ0) is 11.8. The predicted octanol–water partition coefficient (Wildman–Crippen LogP) is 3.01. The van der Waals surface area contributed by atoms with E-state index in [9.17, 15) is 14.3 Å². The molecule has 0 amide bonds. The minimum Gasteiger partial charge on any atom is -0.506 e. The lowest BCUT2D eigenvalue weighted by atomic mass is 9.72. The van der Waals surface area contributed by atoms with Gasteiger partial charge in [-0.3, -0.25) is 0 Å². The SMILES string of the molecule is O=C=NC1(c2cc(F)cc(Br)c2O)CCC1. The number of aromatic hydroxyl groups is 1. The molecule has 0 atom stereocenters. The maximum Gasteiger partial charge on any atom is 0.235 e. The van der Waals surface area contributed by atoms with Gasteiger partial charge in [-0.15, -0.1) is 0 Å². The van der Waals surface area contributed by atoms with E-state index < -0.39 is 11.4 Å². The Bertz CT molecular complexity index is 479. The Morgan fingerprint density at radius 3 is 2.69 bits per heavy atom. The Kier molecular flexibility index (Phi) is 2.82. The van der Waals surface area contributed by atoms with Crippen molar-refractivity contribution in [3.63, 3.8) is 0 Å². The second kappa shape index (κ2) is 4.00.